The topological polar surface area (TPSA) is 48.9 Å². The molecule has 2 atom stereocenters. The van der Waals surface area contributed by atoms with E-state index in [0.29, 0.717) is 12.5 Å². The van der Waals surface area contributed by atoms with Gasteiger partial charge in [0.15, 0.2) is 17.5 Å². The van der Waals surface area contributed by atoms with Crippen LogP contribution in [-0.2, 0) is 0 Å². The highest BCUT2D eigenvalue weighted by Gasteiger charge is 2.17. The van der Waals surface area contributed by atoms with E-state index in [2.05, 4.69) is 34.5 Å². The largest absolute Gasteiger partial charge is 0.485 e. The Labute approximate surface area is 180 Å². The second-order valence-electron chi connectivity index (χ2n) is 6.95. The maximum atomic E-state index is 13.8. The van der Waals surface area contributed by atoms with Gasteiger partial charge in [0.2, 0.25) is 0 Å². The van der Waals surface area contributed by atoms with Gasteiger partial charge < -0.3 is 20.3 Å². The highest BCUT2D eigenvalue weighted by molar-refractivity contribution is 14.0. The summed E-state index contributed by atoms with van der Waals surface area (Å²) in [5.41, 5.74) is 0. The third-order valence-electron chi connectivity index (χ3n) is 4.66. The Morgan fingerprint density at radius 3 is 2.78 bits per heavy atom. The number of para-hydroxylation sites is 1. The van der Waals surface area contributed by atoms with Crippen LogP contribution >= 0.6 is 24.0 Å². The number of likely N-dealkylation sites (tertiary alicyclic amines) is 1. The summed E-state index contributed by atoms with van der Waals surface area (Å²) in [5.74, 6) is 1.41. The number of nitrogens with zero attached hydrogens (tertiary/aromatic N) is 2. The number of piperidine rings is 1. The summed E-state index contributed by atoms with van der Waals surface area (Å²) >= 11 is 0. The molecular weight excluding hydrogens is 458 g/mol. The molecule has 1 aromatic rings. The van der Waals surface area contributed by atoms with Gasteiger partial charge in [-0.1, -0.05) is 19.1 Å². The molecule has 1 heterocycles. The molecule has 0 bridgehead atoms. The number of hydrogen-bond acceptors (Lipinski definition) is 3. The molecule has 154 valence electrons. The number of halogens is 2. The summed E-state index contributed by atoms with van der Waals surface area (Å²) in [6.45, 7) is 8.61. The van der Waals surface area contributed by atoms with Crippen LogP contribution in [0.25, 0.3) is 0 Å². The third-order valence-corrected chi connectivity index (χ3v) is 4.66. The van der Waals surface area contributed by atoms with Crippen molar-refractivity contribution in [2.75, 3.05) is 39.8 Å². The molecule has 2 unspecified atom stereocenters. The average molecular weight is 492 g/mol. The fraction of sp³-hybridized carbons (Fsp3) is 0.650. The quantitative estimate of drug-likeness (QED) is 0.332. The van der Waals surface area contributed by atoms with Crippen molar-refractivity contribution in [1.29, 1.82) is 0 Å². The summed E-state index contributed by atoms with van der Waals surface area (Å²) in [6.07, 6.45) is 3.13. The summed E-state index contributed by atoms with van der Waals surface area (Å²) in [6, 6.07) is 6.52. The summed E-state index contributed by atoms with van der Waals surface area (Å²) in [5, 5.41) is 6.73. The molecule has 2 rings (SSSR count). The lowest BCUT2D eigenvalue weighted by Gasteiger charge is -2.30. The van der Waals surface area contributed by atoms with Crippen molar-refractivity contribution in [2.24, 2.45) is 10.9 Å². The van der Waals surface area contributed by atoms with Crippen molar-refractivity contribution in [1.82, 2.24) is 15.5 Å². The van der Waals surface area contributed by atoms with Crippen LogP contribution in [-0.4, -0.2) is 56.7 Å². The van der Waals surface area contributed by atoms with E-state index in [4.69, 9.17) is 4.74 Å². The van der Waals surface area contributed by atoms with Gasteiger partial charge in [0, 0.05) is 19.6 Å². The Bertz CT molecular complexity index is 573. The van der Waals surface area contributed by atoms with E-state index in [1.165, 1.54) is 25.5 Å². The summed E-state index contributed by atoms with van der Waals surface area (Å²) < 4.78 is 19.6. The minimum atomic E-state index is -0.332. The SMILES string of the molecule is CCNC(=NCC(CC)Oc1ccccc1F)NCC1CCCN(C)C1.I. The first-order valence-electron chi connectivity index (χ1n) is 9.74. The number of nitrogens with one attached hydrogen (secondary N) is 2. The van der Waals surface area contributed by atoms with Crippen LogP contribution in [0.2, 0.25) is 0 Å². The number of aliphatic imine (C=N–C) groups is 1. The van der Waals surface area contributed by atoms with E-state index < -0.39 is 0 Å². The molecule has 5 nitrogen and oxygen atoms in total. The molecule has 7 heteroatoms. The molecule has 1 fully saturated rings. The minimum Gasteiger partial charge on any atom is -0.485 e. The smallest absolute Gasteiger partial charge is 0.191 e. The number of hydrogen-bond donors (Lipinski definition) is 2. The zero-order chi connectivity index (χ0) is 18.8. The van der Waals surface area contributed by atoms with E-state index in [9.17, 15) is 4.39 Å². The van der Waals surface area contributed by atoms with Crippen molar-refractivity contribution in [2.45, 2.75) is 39.2 Å². The molecule has 0 aromatic heterocycles. The number of benzene rings is 1. The van der Waals surface area contributed by atoms with Crippen LogP contribution in [0.1, 0.15) is 33.1 Å². The monoisotopic (exact) mass is 492 g/mol. The van der Waals surface area contributed by atoms with Gasteiger partial charge in [-0.3, -0.25) is 0 Å². The zero-order valence-electron chi connectivity index (χ0n) is 16.7. The molecule has 0 amide bonds. The predicted octanol–water partition coefficient (Wildman–Crippen LogP) is 3.50. The van der Waals surface area contributed by atoms with Crippen LogP contribution in [0.15, 0.2) is 29.3 Å². The second kappa shape index (κ2) is 13.1. The first-order valence-corrected chi connectivity index (χ1v) is 9.74. The van der Waals surface area contributed by atoms with E-state index in [1.54, 1.807) is 18.2 Å². The molecule has 1 aromatic carbocycles. The molecule has 0 saturated carbocycles. The van der Waals surface area contributed by atoms with Gasteiger partial charge in [-0.15, -0.1) is 24.0 Å². The minimum absolute atomic E-state index is 0. The lowest BCUT2D eigenvalue weighted by molar-refractivity contribution is 0.196. The van der Waals surface area contributed by atoms with Gasteiger partial charge in [0.1, 0.15) is 6.10 Å². The fourth-order valence-corrected chi connectivity index (χ4v) is 3.19. The molecule has 1 saturated heterocycles. The molecule has 2 N–H and O–H groups in total. The Morgan fingerprint density at radius 2 is 2.11 bits per heavy atom. The Balaban J connectivity index is 0.00000364. The first-order chi connectivity index (χ1) is 12.6. The van der Waals surface area contributed by atoms with E-state index >= 15 is 0 Å². The van der Waals surface area contributed by atoms with E-state index in [-0.39, 0.29) is 41.6 Å². The van der Waals surface area contributed by atoms with Crippen molar-refractivity contribution in [3.05, 3.63) is 30.1 Å². The molecule has 1 aliphatic rings. The standard InChI is InChI=1S/C20H33FN4O.HI/c1-4-17(26-19-11-7-6-10-18(19)21)14-24-20(22-5-2)23-13-16-9-8-12-25(3)15-16;/h6-7,10-11,16-17H,4-5,8-9,12-15H2,1-3H3,(H2,22,23,24);1H. The van der Waals surface area contributed by atoms with Gasteiger partial charge in [-0.2, -0.15) is 0 Å². The average Bonchev–Trinajstić information content (AvgIpc) is 2.64. The van der Waals surface area contributed by atoms with Crippen molar-refractivity contribution >= 4 is 29.9 Å². The highest BCUT2D eigenvalue weighted by Crippen LogP contribution is 2.18. The van der Waals surface area contributed by atoms with Crippen LogP contribution in [0.5, 0.6) is 5.75 Å². The van der Waals surface area contributed by atoms with E-state index in [0.717, 1.165) is 32.0 Å². The summed E-state index contributed by atoms with van der Waals surface area (Å²) in [4.78, 5) is 7.03. The van der Waals surface area contributed by atoms with Crippen molar-refractivity contribution < 1.29 is 9.13 Å². The highest BCUT2D eigenvalue weighted by atomic mass is 127. The van der Waals surface area contributed by atoms with Crippen molar-refractivity contribution in [3.8, 4) is 5.75 Å². The van der Waals surface area contributed by atoms with Gasteiger partial charge in [-0.05, 0) is 57.8 Å². The van der Waals surface area contributed by atoms with Crippen LogP contribution in [0, 0.1) is 11.7 Å². The lowest BCUT2D eigenvalue weighted by atomic mass is 9.99. The second-order valence-corrected chi connectivity index (χ2v) is 6.95. The number of guanidine groups is 1. The summed E-state index contributed by atoms with van der Waals surface area (Å²) in [7, 11) is 2.18. The first kappa shape index (κ1) is 23.9. The molecule has 0 spiro atoms. The third kappa shape index (κ3) is 8.64. The Kier molecular flexibility index (Phi) is 11.7. The van der Waals surface area contributed by atoms with Crippen LogP contribution < -0.4 is 15.4 Å². The number of ether oxygens (including phenoxy) is 1. The Morgan fingerprint density at radius 1 is 1.33 bits per heavy atom. The van der Waals surface area contributed by atoms with E-state index in [1.807, 2.05) is 6.92 Å². The lowest BCUT2D eigenvalue weighted by Crippen LogP contribution is -2.44. The molecule has 0 radical (unpaired) electrons. The van der Waals surface area contributed by atoms with Gasteiger partial charge in [0.25, 0.3) is 0 Å². The number of rotatable bonds is 8. The Hall–Kier alpha value is -1.09. The predicted molar refractivity (Wildman–Crippen MR) is 121 cm³/mol. The fourth-order valence-electron chi connectivity index (χ4n) is 3.19. The maximum absolute atomic E-state index is 13.8. The van der Waals surface area contributed by atoms with Gasteiger partial charge in [0.05, 0.1) is 6.54 Å². The molecular formula is C20H34FIN4O. The molecule has 1 aliphatic heterocycles. The van der Waals surface area contributed by atoms with Gasteiger partial charge >= 0.3 is 0 Å². The molecule has 0 aliphatic carbocycles. The van der Waals surface area contributed by atoms with Crippen molar-refractivity contribution in [3.63, 3.8) is 0 Å². The van der Waals surface area contributed by atoms with Gasteiger partial charge in [-0.25, -0.2) is 9.38 Å². The van der Waals surface area contributed by atoms with Crippen LogP contribution in [0.4, 0.5) is 4.39 Å². The zero-order valence-corrected chi connectivity index (χ0v) is 19.0. The normalized spacial score (nSPS) is 19.1. The maximum Gasteiger partial charge on any atom is 0.191 e. The van der Waals surface area contributed by atoms with Crippen LogP contribution in [0.3, 0.4) is 0 Å². The molecule has 27 heavy (non-hydrogen) atoms.